The maximum absolute atomic E-state index is 14.5. The second-order valence-corrected chi connectivity index (χ2v) is 8.44. The molecular formula is C24H23FN6O2. The fourth-order valence-electron chi connectivity index (χ4n) is 4.27. The van der Waals surface area contributed by atoms with Crippen molar-refractivity contribution in [2.24, 2.45) is 5.73 Å². The summed E-state index contributed by atoms with van der Waals surface area (Å²) in [6.07, 6.45) is 4.28. The smallest absolute Gasteiger partial charge is 0.274 e. The Bertz CT molecular complexity index is 1260. The van der Waals surface area contributed by atoms with Gasteiger partial charge in [-0.3, -0.25) is 9.36 Å². The van der Waals surface area contributed by atoms with Crippen LogP contribution in [0, 0.1) is 17.1 Å². The molecule has 1 aromatic carbocycles. The molecule has 8 nitrogen and oxygen atoms in total. The lowest BCUT2D eigenvalue weighted by Crippen LogP contribution is -2.32. The molecule has 1 saturated heterocycles. The van der Waals surface area contributed by atoms with Gasteiger partial charge in [-0.05, 0) is 43.5 Å². The third-order valence-corrected chi connectivity index (χ3v) is 6.13. The van der Waals surface area contributed by atoms with Crippen molar-refractivity contribution in [2.45, 2.75) is 31.2 Å². The number of nitriles is 1. The first-order chi connectivity index (χ1) is 16.0. The summed E-state index contributed by atoms with van der Waals surface area (Å²) in [5.41, 5.74) is 8.32. The van der Waals surface area contributed by atoms with Gasteiger partial charge in [0.25, 0.3) is 5.91 Å². The number of amides is 1. The first kappa shape index (κ1) is 21.1. The Balaban J connectivity index is 1.70. The number of likely N-dealkylation sites (tertiary alicyclic amines) is 1. The highest BCUT2D eigenvalue weighted by Gasteiger charge is 2.38. The van der Waals surface area contributed by atoms with Crippen molar-refractivity contribution in [2.75, 3.05) is 20.2 Å². The number of halogens is 1. The van der Waals surface area contributed by atoms with E-state index in [-0.39, 0.29) is 23.4 Å². The number of benzene rings is 1. The summed E-state index contributed by atoms with van der Waals surface area (Å²) >= 11 is 0. The van der Waals surface area contributed by atoms with Crippen molar-refractivity contribution in [3.05, 3.63) is 59.3 Å². The summed E-state index contributed by atoms with van der Waals surface area (Å²) in [5, 5.41) is 9.12. The zero-order chi connectivity index (χ0) is 23.1. The Labute approximate surface area is 190 Å². The highest BCUT2D eigenvalue weighted by atomic mass is 19.1. The number of carbonyl (C=O) groups is 1. The molecule has 0 bridgehead atoms. The lowest BCUT2D eigenvalue weighted by atomic mass is 10.1. The van der Waals surface area contributed by atoms with E-state index < -0.39 is 5.82 Å². The molecule has 168 valence electrons. The van der Waals surface area contributed by atoms with E-state index in [4.69, 9.17) is 20.7 Å². The highest BCUT2D eigenvalue weighted by molar-refractivity contribution is 5.95. The molecule has 2 fully saturated rings. The molecule has 2 aliphatic rings. The molecule has 1 atom stereocenters. The van der Waals surface area contributed by atoms with Gasteiger partial charge in [0.05, 0.1) is 30.3 Å². The molecule has 0 radical (unpaired) electrons. The lowest BCUT2D eigenvalue weighted by Gasteiger charge is -2.16. The summed E-state index contributed by atoms with van der Waals surface area (Å²) in [7, 11) is 1.54. The maximum atomic E-state index is 14.5. The number of pyridine rings is 1. The molecule has 2 N–H and O–H groups in total. The molecule has 1 amide bonds. The molecule has 0 spiro atoms. The number of rotatable bonds is 5. The van der Waals surface area contributed by atoms with Crippen molar-refractivity contribution < 1.29 is 13.9 Å². The van der Waals surface area contributed by atoms with E-state index in [0.29, 0.717) is 41.7 Å². The number of hydrogen-bond acceptors (Lipinski definition) is 6. The van der Waals surface area contributed by atoms with Crippen molar-refractivity contribution in [3.8, 4) is 29.0 Å². The van der Waals surface area contributed by atoms with Gasteiger partial charge in [-0.1, -0.05) is 0 Å². The number of imidazole rings is 1. The van der Waals surface area contributed by atoms with E-state index in [0.717, 1.165) is 25.0 Å². The second kappa shape index (κ2) is 8.30. The summed E-state index contributed by atoms with van der Waals surface area (Å²) in [6.45, 7) is 1.07. The topological polar surface area (TPSA) is 110 Å². The van der Waals surface area contributed by atoms with E-state index in [1.165, 1.54) is 19.2 Å². The minimum absolute atomic E-state index is 0.0432. The predicted molar refractivity (Wildman–Crippen MR) is 118 cm³/mol. The Kier molecular flexibility index (Phi) is 5.30. The molecule has 1 aliphatic heterocycles. The van der Waals surface area contributed by atoms with E-state index in [9.17, 15) is 9.18 Å². The van der Waals surface area contributed by atoms with Crippen LogP contribution >= 0.6 is 0 Å². The number of hydrogen-bond donors (Lipinski definition) is 1. The number of carbonyl (C=O) groups excluding carboxylic acids is 1. The van der Waals surface area contributed by atoms with Gasteiger partial charge in [0.15, 0.2) is 5.69 Å². The third-order valence-electron chi connectivity index (χ3n) is 6.13. The van der Waals surface area contributed by atoms with Crippen molar-refractivity contribution in [1.82, 2.24) is 19.4 Å². The quantitative estimate of drug-likeness (QED) is 0.645. The first-order valence-corrected chi connectivity index (χ1v) is 10.9. The Morgan fingerprint density at radius 2 is 2.09 bits per heavy atom. The molecule has 3 heterocycles. The fourth-order valence-corrected chi connectivity index (χ4v) is 4.27. The van der Waals surface area contributed by atoms with Crippen LogP contribution in [0.5, 0.6) is 5.88 Å². The maximum Gasteiger partial charge on any atom is 0.274 e. The number of nitrogens with zero attached hydrogens (tertiary/aromatic N) is 5. The van der Waals surface area contributed by atoms with Crippen LogP contribution in [0.4, 0.5) is 4.39 Å². The van der Waals surface area contributed by atoms with E-state index in [2.05, 4.69) is 4.98 Å². The van der Waals surface area contributed by atoms with Crippen LogP contribution in [-0.4, -0.2) is 51.6 Å². The van der Waals surface area contributed by atoms with E-state index >= 15 is 0 Å². The van der Waals surface area contributed by atoms with Crippen LogP contribution in [0.1, 0.15) is 46.9 Å². The Morgan fingerprint density at radius 1 is 1.27 bits per heavy atom. The van der Waals surface area contributed by atoms with Crippen LogP contribution in [0.3, 0.4) is 0 Å². The van der Waals surface area contributed by atoms with E-state index in [1.54, 1.807) is 23.2 Å². The standard InChI is InChI=1S/C24H23FN6O2/c1-33-20-7-6-18(12-28-20)31-22(14-2-3-14)21(24(32)30-9-8-17(27)13-30)29-23(31)15-4-5-16(11-26)19(25)10-15/h4-7,10,12,14,17H,2-3,8-9,13,27H2,1H3/t17-/m1/s1. The molecule has 9 heteroatoms. The van der Waals surface area contributed by atoms with Gasteiger partial charge in [0.1, 0.15) is 17.7 Å². The third kappa shape index (κ3) is 3.83. The monoisotopic (exact) mass is 446 g/mol. The van der Waals surface area contributed by atoms with Gasteiger partial charge in [-0.2, -0.15) is 5.26 Å². The largest absolute Gasteiger partial charge is 0.481 e. The van der Waals surface area contributed by atoms with Gasteiger partial charge in [0, 0.05) is 36.7 Å². The average molecular weight is 446 g/mol. The zero-order valence-electron chi connectivity index (χ0n) is 18.2. The van der Waals surface area contributed by atoms with Crippen LogP contribution < -0.4 is 10.5 Å². The van der Waals surface area contributed by atoms with Gasteiger partial charge < -0.3 is 15.4 Å². The number of nitrogens with two attached hydrogens (primary N) is 1. The molecule has 3 aromatic rings. The number of aromatic nitrogens is 3. The highest BCUT2D eigenvalue weighted by Crippen LogP contribution is 2.45. The Hall–Kier alpha value is -3.77. The van der Waals surface area contributed by atoms with Crippen LogP contribution in [0.25, 0.3) is 17.1 Å². The van der Waals surface area contributed by atoms with Gasteiger partial charge in [-0.25, -0.2) is 14.4 Å². The molecule has 1 saturated carbocycles. The van der Waals surface area contributed by atoms with Gasteiger partial charge in [0.2, 0.25) is 5.88 Å². The zero-order valence-corrected chi connectivity index (χ0v) is 18.2. The van der Waals surface area contributed by atoms with Crippen molar-refractivity contribution in [1.29, 1.82) is 5.26 Å². The molecule has 33 heavy (non-hydrogen) atoms. The summed E-state index contributed by atoms with van der Waals surface area (Å²) in [5.74, 6) is 0.260. The van der Waals surface area contributed by atoms with Crippen LogP contribution in [0.2, 0.25) is 0 Å². The van der Waals surface area contributed by atoms with Crippen molar-refractivity contribution in [3.63, 3.8) is 0 Å². The summed E-state index contributed by atoms with van der Waals surface area (Å²) < 4.78 is 21.6. The molecule has 5 rings (SSSR count). The summed E-state index contributed by atoms with van der Waals surface area (Å²) in [6, 6.07) is 9.72. The first-order valence-electron chi connectivity index (χ1n) is 10.9. The van der Waals surface area contributed by atoms with Crippen molar-refractivity contribution >= 4 is 5.91 Å². The van der Waals surface area contributed by atoms with Gasteiger partial charge >= 0.3 is 0 Å². The average Bonchev–Trinajstić information content (AvgIpc) is 3.45. The second-order valence-electron chi connectivity index (χ2n) is 8.44. The van der Waals surface area contributed by atoms with Crippen LogP contribution in [-0.2, 0) is 0 Å². The predicted octanol–water partition coefficient (Wildman–Crippen LogP) is 3.00. The molecule has 2 aromatic heterocycles. The van der Waals surface area contributed by atoms with E-state index in [1.807, 2.05) is 16.7 Å². The SMILES string of the molecule is COc1ccc(-n2c(-c3ccc(C#N)c(F)c3)nc(C(=O)N3CC[C@@H](N)C3)c2C2CC2)cn1. The number of ether oxygens (including phenoxy) is 1. The fraction of sp³-hybridized carbons (Fsp3) is 0.333. The van der Waals surface area contributed by atoms with Gasteiger partial charge in [-0.15, -0.1) is 0 Å². The Morgan fingerprint density at radius 3 is 2.67 bits per heavy atom. The van der Waals surface area contributed by atoms with Crippen LogP contribution in [0.15, 0.2) is 36.5 Å². The molecule has 0 unspecified atom stereocenters. The minimum Gasteiger partial charge on any atom is -0.481 e. The lowest BCUT2D eigenvalue weighted by molar-refractivity contribution is 0.0784. The minimum atomic E-state index is -0.635. The number of methoxy groups -OCH3 is 1. The normalized spacial score (nSPS) is 17.8. The molecule has 1 aliphatic carbocycles. The summed E-state index contributed by atoms with van der Waals surface area (Å²) in [4.78, 5) is 24.3. The molecular weight excluding hydrogens is 423 g/mol.